The maximum atomic E-state index is 15.0. The number of imidazole rings is 1. The summed E-state index contributed by atoms with van der Waals surface area (Å²) in [6.45, 7) is 4.93. The number of ether oxygens (including phenoxy) is 1. The summed E-state index contributed by atoms with van der Waals surface area (Å²) in [5.74, 6) is -2.04. The molecule has 222 valence electrons. The van der Waals surface area contributed by atoms with Gasteiger partial charge in [-0.15, -0.1) is 0 Å². The molecule has 3 heterocycles. The third kappa shape index (κ3) is 6.31. The Kier molecular flexibility index (Phi) is 9.17. The molecule has 1 aliphatic rings. The van der Waals surface area contributed by atoms with Crippen LogP contribution >= 0.6 is 11.6 Å². The van der Waals surface area contributed by atoms with Crippen LogP contribution < -0.4 is 15.4 Å². The lowest BCUT2D eigenvalue weighted by molar-refractivity contribution is 0.0630. The number of carbonyl (C=O) groups is 1. The highest BCUT2D eigenvalue weighted by molar-refractivity contribution is 6.34. The molecule has 1 fully saturated rings. The van der Waals surface area contributed by atoms with E-state index in [1.165, 1.54) is 24.5 Å². The number of amides is 1. The van der Waals surface area contributed by atoms with E-state index in [0.717, 1.165) is 26.2 Å². The highest BCUT2D eigenvalue weighted by atomic mass is 35.5. The average Bonchev–Trinajstić information content (AvgIpc) is 3.42. The van der Waals surface area contributed by atoms with Crippen LogP contribution in [-0.4, -0.2) is 102 Å². The minimum Gasteiger partial charge on any atom is -0.475 e. The van der Waals surface area contributed by atoms with Gasteiger partial charge in [0.1, 0.15) is 6.73 Å². The zero-order valence-electron chi connectivity index (χ0n) is 23.7. The van der Waals surface area contributed by atoms with Gasteiger partial charge in [-0.05, 0) is 51.5 Å². The Hall–Kier alpha value is -3.84. The van der Waals surface area contributed by atoms with Crippen molar-refractivity contribution in [1.29, 1.82) is 0 Å². The first kappa shape index (κ1) is 29.6. The molecule has 1 aliphatic heterocycles. The zero-order chi connectivity index (χ0) is 29.8. The van der Waals surface area contributed by atoms with Crippen LogP contribution in [0, 0.1) is 11.6 Å². The van der Waals surface area contributed by atoms with Crippen molar-refractivity contribution in [3.63, 3.8) is 0 Å². The van der Waals surface area contributed by atoms with Gasteiger partial charge in [0.2, 0.25) is 5.82 Å². The predicted octanol–water partition coefficient (Wildman–Crippen LogP) is 3.95. The van der Waals surface area contributed by atoms with Gasteiger partial charge in [-0.25, -0.2) is 14.4 Å². The molecule has 1 saturated heterocycles. The third-order valence-corrected chi connectivity index (χ3v) is 7.42. The number of piperazine rings is 1. The first-order valence-electron chi connectivity index (χ1n) is 13.6. The van der Waals surface area contributed by atoms with Crippen LogP contribution in [0.3, 0.4) is 0 Å². The number of anilines is 2. The highest BCUT2D eigenvalue weighted by Crippen LogP contribution is 2.32. The number of aromatic nitrogens is 3. The van der Waals surface area contributed by atoms with Crippen molar-refractivity contribution in [2.24, 2.45) is 0 Å². The van der Waals surface area contributed by atoms with Crippen LogP contribution in [0.2, 0.25) is 5.02 Å². The Balaban J connectivity index is 1.31. The number of benzene rings is 2. The molecular formula is C29H33ClF2N8O2. The topological polar surface area (TPSA) is 90.3 Å². The number of halogens is 3. The quantitative estimate of drug-likeness (QED) is 0.265. The second-order valence-electron chi connectivity index (χ2n) is 10.3. The maximum Gasteiger partial charge on any atom is 0.255 e. The summed E-state index contributed by atoms with van der Waals surface area (Å²) in [5, 5.41) is 6.21. The highest BCUT2D eigenvalue weighted by Gasteiger charge is 2.24. The molecule has 0 atom stereocenters. The molecule has 2 aromatic carbocycles. The summed E-state index contributed by atoms with van der Waals surface area (Å²) in [6.07, 6.45) is 4.58. The summed E-state index contributed by atoms with van der Waals surface area (Å²) < 4.78 is 36.4. The fraction of sp³-hybridized carbons (Fsp3) is 0.345. The van der Waals surface area contributed by atoms with Gasteiger partial charge in [0, 0.05) is 62.9 Å². The lowest BCUT2D eigenvalue weighted by Gasteiger charge is -2.35. The Morgan fingerprint density at radius 2 is 1.88 bits per heavy atom. The molecule has 5 rings (SSSR count). The van der Waals surface area contributed by atoms with Gasteiger partial charge in [0.15, 0.2) is 23.0 Å². The number of fused-ring (bicyclic) bond motifs is 1. The summed E-state index contributed by atoms with van der Waals surface area (Å²) in [5.41, 5.74) is 1.79. The first-order valence-corrected chi connectivity index (χ1v) is 14.0. The number of rotatable bonds is 10. The standard InChI is InChI=1S/C29H33ClF2N8O2/c1-33-18-42-24-7-6-21(25(31)26(24)32)23-17-35-28-27(34-8-9-40(23)28)36-19-4-5-20(22(30)16-19)29(41)39-14-12-38(13-15-39)11-10-37(2)3/h4-9,16-17,33H,10-15,18H2,1-3H3,(H,34,36). The number of nitrogens with one attached hydrogen (secondary N) is 2. The fourth-order valence-electron chi connectivity index (χ4n) is 4.79. The van der Waals surface area contributed by atoms with E-state index in [4.69, 9.17) is 16.3 Å². The SMILES string of the molecule is CNCOc1ccc(-c2cnc3c(Nc4ccc(C(=O)N5CCN(CCN(C)C)CC5)c(Cl)c4)nccn23)c(F)c1F. The fourth-order valence-corrected chi connectivity index (χ4v) is 5.05. The number of hydrogen-bond acceptors (Lipinski definition) is 8. The van der Waals surface area contributed by atoms with Crippen LogP contribution in [-0.2, 0) is 0 Å². The van der Waals surface area contributed by atoms with Crippen molar-refractivity contribution in [3.05, 3.63) is 71.1 Å². The Morgan fingerprint density at radius 3 is 2.60 bits per heavy atom. The van der Waals surface area contributed by atoms with Crippen molar-refractivity contribution in [3.8, 4) is 17.0 Å². The van der Waals surface area contributed by atoms with Crippen molar-refractivity contribution >= 4 is 34.7 Å². The van der Waals surface area contributed by atoms with Crippen molar-refractivity contribution < 1.29 is 18.3 Å². The zero-order valence-corrected chi connectivity index (χ0v) is 24.5. The molecule has 0 unspecified atom stereocenters. The van der Waals surface area contributed by atoms with Gasteiger partial charge in [0.25, 0.3) is 5.91 Å². The second-order valence-corrected chi connectivity index (χ2v) is 10.7. The Labute approximate surface area is 247 Å². The van der Waals surface area contributed by atoms with E-state index in [1.54, 1.807) is 35.8 Å². The molecule has 0 spiro atoms. The maximum absolute atomic E-state index is 15.0. The first-order chi connectivity index (χ1) is 20.3. The van der Waals surface area contributed by atoms with Crippen LogP contribution in [0.15, 0.2) is 48.9 Å². The number of likely N-dealkylation sites (N-methyl/N-ethyl adjacent to an activating group) is 1. The molecule has 4 aromatic rings. The van der Waals surface area contributed by atoms with E-state index in [2.05, 4.69) is 44.5 Å². The van der Waals surface area contributed by atoms with Gasteiger partial charge in [-0.1, -0.05) is 11.6 Å². The largest absolute Gasteiger partial charge is 0.475 e. The normalized spacial score (nSPS) is 14.1. The lowest BCUT2D eigenvalue weighted by atomic mass is 10.1. The van der Waals surface area contributed by atoms with E-state index in [1.807, 2.05) is 4.90 Å². The molecule has 0 bridgehead atoms. The number of carbonyl (C=O) groups excluding carboxylic acids is 1. The molecule has 1 amide bonds. The molecule has 42 heavy (non-hydrogen) atoms. The summed E-state index contributed by atoms with van der Waals surface area (Å²) >= 11 is 6.57. The van der Waals surface area contributed by atoms with Crippen LogP contribution in [0.5, 0.6) is 5.75 Å². The molecule has 0 saturated carbocycles. The van der Waals surface area contributed by atoms with Crippen LogP contribution in [0.1, 0.15) is 10.4 Å². The molecule has 10 nitrogen and oxygen atoms in total. The summed E-state index contributed by atoms with van der Waals surface area (Å²) in [7, 11) is 5.74. The Bertz CT molecular complexity index is 1570. The van der Waals surface area contributed by atoms with Crippen molar-refractivity contribution in [2.45, 2.75) is 0 Å². The lowest BCUT2D eigenvalue weighted by Crippen LogP contribution is -2.50. The summed E-state index contributed by atoms with van der Waals surface area (Å²) in [4.78, 5) is 28.3. The molecule has 2 N–H and O–H groups in total. The van der Waals surface area contributed by atoms with Gasteiger partial charge in [-0.2, -0.15) is 4.39 Å². The second kappa shape index (κ2) is 13.0. The molecular weight excluding hydrogens is 566 g/mol. The molecule has 13 heteroatoms. The van der Waals surface area contributed by atoms with Gasteiger partial charge >= 0.3 is 0 Å². The summed E-state index contributed by atoms with van der Waals surface area (Å²) in [6, 6.07) is 7.93. The minimum atomic E-state index is -1.08. The van der Waals surface area contributed by atoms with Crippen molar-refractivity contribution in [2.75, 3.05) is 72.5 Å². The van der Waals surface area contributed by atoms with Crippen LogP contribution in [0.25, 0.3) is 16.9 Å². The predicted molar refractivity (Wildman–Crippen MR) is 159 cm³/mol. The van der Waals surface area contributed by atoms with E-state index in [9.17, 15) is 13.6 Å². The van der Waals surface area contributed by atoms with Gasteiger partial charge < -0.3 is 19.9 Å². The molecule has 0 aliphatic carbocycles. The van der Waals surface area contributed by atoms with E-state index >= 15 is 0 Å². The third-order valence-electron chi connectivity index (χ3n) is 7.11. The van der Waals surface area contributed by atoms with Gasteiger partial charge in [0.05, 0.1) is 22.5 Å². The van der Waals surface area contributed by atoms with E-state index in [0.29, 0.717) is 46.5 Å². The number of nitrogens with zero attached hydrogens (tertiary/aromatic N) is 6. The van der Waals surface area contributed by atoms with E-state index in [-0.39, 0.29) is 24.0 Å². The monoisotopic (exact) mass is 598 g/mol. The van der Waals surface area contributed by atoms with Crippen LogP contribution in [0.4, 0.5) is 20.3 Å². The molecule has 0 radical (unpaired) electrons. The minimum absolute atomic E-state index is 0.0263. The van der Waals surface area contributed by atoms with Crippen molar-refractivity contribution in [1.82, 2.24) is 34.4 Å². The number of hydrogen-bond donors (Lipinski definition) is 2. The Morgan fingerprint density at radius 1 is 1.10 bits per heavy atom. The smallest absolute Gasteiger partial charge is 0.255 e. The average molecular weight is 599 g/mol. The van der Waals surface area contributed by atoms with E-state index < -0.39 is 11.6 Å². The van der Waals surface area contributed by atoms with Gasteiger partial charge in [-0.3, -0.25) is 19.4 Å². The molecule has 2 aromatic heterocycles.